The fourth-order valence-corrected chi connectivity index (χ4v) is 3.32. The van der Waals surface area contributed by atoms with E-state index in [9.17, 15) is 0 Å². The van der Waals surface area contributed by atoms with Gasteiger partial charge in [-0.15, -0.1) is 0 Å². The van der Waals surface area contributed by atoms with E-state index in [1.54, 1.807) is 14.2 Å². The second-order valence-electron chi connectivity index (χ2n) is 6.94. The van der Waals surface area contributed by atoms with E-state index in [4.69, 9.17) is 14.5 Å². The predicted octanol–water partition coefficient (Wildman–Crippen LogP) is 3.42. The number of unbranched alkanes of at least 4 members (excludes halogenated alkanes) is 2. The van der Waals surface area contributed by atoms with Crippen molar-refractivity contribution >= 4 is 11.6 Å². The van der Waals surface area contributed by atoms with Crippen LogP contribution in [0, 0.1) is 0 Å². The van der Waals surface area contributed by atoms with Crippen molar-refractivity contribution in [3.63, 3.8) is 0 Å². The molecule has 0 saturated carbocycles. The Bertz CT molecular complexity index is 561. The second-order valence-corrected chi connectivity index (χ2v) is 6.94. The van der Waals surface area contributed by atoms with Gasteiger partial charge in [0.2, 0.25) is 0 Å². The third kappa shape index (κ3) is 6.85. The van der Waals surface area contributed by atoms with Crippen LogP contribution in [0.2, 0.25) is 0 Å². The summed E-state index contributed by atoms with van der Waals surface area (Å²) in [7, 11) is 3.38. The van der Waals surface area contributed by atoms with Gasteiger partial charge in [0.1, 0.15) is 11.5 Å². The minimum absolute atomic E-state index is 0.456. The van der Waals surface area contributed by atoms with Gasteiger partial charge in [-0.2, -0.15) is 0 Å². The molecule has 1 aliphatic rings. The Morgan fingerprint density at radius 3 is 2.30 bits per heavy atom. The molecule has 1 saturated heterocycles. The maximum absolute atomic E-state index is 5.40. The average molecular weight is 377 g/mol. The topological polar surface area (TPSA) is 58.1 Å². The van der Waals surface area contributed by atoms with Crippen LogP contribution < -0.4 is 25.0 Å². The number of methoxy groups -OCH3 is 2. The standard InChI is InChI=1S/C21H36N4O2/c1-5-7-8-11-23-21(22-6-2)24-17-9-12-25(13-10-17)18-14-19(26-3)16-20(15-18)27-4/h14-17H,5-13H2,1-4H3,(H2,22,23,24). The van der Waals surface area contributed by atoms with Crippen molar-refractivity contribution < 1.29 is 9.47 Å². The number of nitrogens with zero attached hydrogens (tertiary/aromatic N) is 2. The van der Waals surface area contributed by atoms with Crippen LogP contribution in [0.5, 0.6) is 11.5 Å². The number of ether oxygens (including phenoxy) is 2. The lowest BCUT2D eigenvalue weighted by atomic mass is 10.0. The maximum atomic E-state index is 5.40. The first-order valence-electron chi connectivity index (χ1n) is 10.2. The smallest absolute Gasteiger partial charge is 0.191 e. The molecular formula is C21H36N4O2. The van der Waals surface area contributed by atoms with Crippen LogP contribution in [0.25, 0.3) is 0 Å². The molecule has 1 fully saturated rings. The van der Waals surface area contributed by atoms with Gasteiger partial charge >= 0.3 is 0 Å². The predicted molar refractivity (Wildman–Crippen MR) is 113 cm³/mol. The van der Waals surface area contributed by atoms with Gasteiger partial charge in [0.05, 0.1) is 14.2 Å². The van der Waals surface area contributed by atoms with Gasteiger partial charge in [-0.3, -0.25) is 4.99 Å². The van der Waals surface area contributed by atoms with Crippen LogP contribution in [-0.4, -0.2) is 52.4 Å². The summed E-state index contributed by atoms with van der Waals surface area (Å²) in [6, 6.07) is 6.53. The molecule has 152 valence electrons. The zero-order valence-corrected chi connectivity index (χ0v) is 17.4. The second kappa shape index (κ2) is 11.6. The largest absolute Gasteiger partial charge is 0.497 e. The summed E-state index contributed by atoms with van der Waals surface area (Å²) in [6.45, 7) is 8.13. The molecule has 1 heterocycles. The number of hydrogen-bond donors (Lipinski definition) is 2. The molecule has 2 N–H and O–H groups in total. The lowest BCUT2D eigenvalue weighted by Crippen LogP contribution is -2.48. The zero-order valence-electron chi connectivity index (χ0n) is 17.4. The molecule has 1 aromatic carbocycles. The third-order valence-corrected chi connectivity index (χ3v) is 4.91. The average Bonchev–Trinajstić information content (AvgIpc) is 2.71. The van der Waals surface area contributed by atoms with Crippen molar-refractivity contribution in [1.82, 2.24) is 10.6 Å². The van der Waals surface area contributed by atoms with Crippen LogP contribution >= 0.6 is 0 Å². The quantitative estimate of drug-likeness (QED) is 0.393. The number of benzene rings is 1. The Balaban J connectivity index is 1.90. The van der Waals surface area contributed by atoms with Gasteiger partial charge in [-0.1, -0.05) is 19.8 Å². The van der Waals surface area contributed by atoms with Gasteiger partial charge in [0.25, 0.3) is 0 Å². The fourth-order valence-electron chi connectivity index (χ4n) is 3.32. The highest BCUT2D eigenvalue weighted by atomic mass is 16.5. The number of guanidine groups is 1. The van der Waals surface area contributed by atoms with Crippen LogP contribution in [0.3, 0.4) is 0 Å². The van der Waals surface area contributed by atoms with Gasteiger partial charge in [-0.05, 0) is 26.2 Å². The van der Waals surface area contributed by atoms with E-state index in [1.165, 1.54) is 12.8 Å². The van der Waals surface area contributed by atoms with Gasteiger partial charge in [-0.25, -0.2) is 0 Å². The third-order valence-electron chi connectivity index (χ3n) is 4.91. The molecule has 0 unspecified atom stereocenters. The first-order chi connectivity index (χ1) is 13.2. The lowest BCUT2D eigenvalue weighted by molar-refractivity contribution is 0.393. The Kier molecular flexibility index (Phi) is 9.08. The molecule has 0 amide bonds. The Morgan fingerprint density at radius 2 is 1.74 bits per heavy atom. The zero-order chi connectivity index (χ0) is 19.5. The molecule has 6 heteroatoms. The summed E-state index contributed by atoms with van der Waals surface area (Å²) in [6.07, 6.45) is 5.79. The van der Waals surface area contributed by atoms with E-state index >= 15 is 0 Å². The molecule has 0 radical (unpaired) electrons. The summed E-state index contributed by atoms with van der Waals surface area (Å²) in [5.41, 5.74) is 1.16. The summed E-state index contributed by atoms with van der Waals surface area (Å²) in [4.78, 5) is 7.11. The number of anilines is 1. The highest BCUT2D eigenvalue weighted by Crippen LogP contribution is 2.30. The number of aliphatic imine (C=N–C) groups is 1. The lowest BCUT2D eigenvalue weighted by Gasteiger charge is -2.34. The van der Waals surface area contributed by atoms with Gasteiger partial charge < -0.3 is 25.0 Å². The summed E-state index contributed by atoms with van der Waals surface area (Å²) < 4.78 is 10.8. The maximum Gasteiger partial charge on any atom is 0.191 e. The molecule has 0 bridgehead atoms. The van der Waals surface area contributed by atoms with Crippen molar-refractivity contribution in [1.29, 1.82) is 0 Å². The summed E-state index contributed by atoms with van der Waals surface area (Å²) >= 11 is 0. The van der Waals surface area contributed by atoms with E-state index < -0.39 is 0 Å². The molecule has 1 aliphatic heterocycles. The minimum atomic E-state index is 0.456. The van der Waals surface area contributed by atoms with E-state index in [-0.39, 0.29) is 0 Å². The van der Waals surface area contributed by atoms with Crippen LogP contribution in [0.1, 0.15) is 46.0 Å². The van der Waals surface area contributed by atoms with E-state index in [2.05, 4.69) is 41.5 Å². The van der Waals surface area contributed by atoms with Crippen molar-refractivity contribution in [2.45, 2.75) is 52.0 Å². The monoisotopic (exact) mass is 376 g/mol. The van der Waals surface area contributed by atoms with Crippen molar-refractivity contribution in [3.8, 4) is 11.5 Å². The molecule has 1 aromatic rings. The Hall–Kier alpha value is -2.11. The molecular weight excluding hydrogens is 340 g/mol. The summed E-state index contributed by atoms with van der Waals surface area (Å²) in [5, 5.41) is 6.99. The number of hydrogen-bond acceptors (Lipinski definition) is 4. The number of nitrogens with one attached hydrogen (secondary N) is 2. The highest BCUT2D eigenvalue weighted by Gasteiger charge is 2.21. The van der Waals surface area contributed by atoms with E-state index in [0.717, 1.165) is 68.6 Å². The van der Waals surface area contributed by atoms with Crippen molar-refractivity contribution in [2.24, 2.45) is 4.99 Å². The number of piperidine rings is 1. The van der Waals surface area contributed by atoms with E-state index in [0.29, 0.717) is 6.04 Å². The highest BCUT2D eigenvalue weighted by molar-refractivity contribution is 5.80. The summed E-state index contributed by atoms with van der Waals surface area (Å²) in [5.74, 6) is 2.62. The normalized spacial score (nSPS) is 15.6. The van der Waals surface area contributed by atoms with Crippen molar-refractivity contribution in [3.05, 3.63) is 18.2 Å². The SMILES string of the molecule is CCCCCN=C(NCC)NC1CCN(c2cc(OC)cc(OC)c2)CC1. The molecule has 0 atom stereocenters. The fraction of sp³-hybridized carbons (Fsp3) is 0.667. The Labute approximate surface area is 164 Å². The first kappa shape index (κ1) is 21.2. The minimum Gasteiger partial charge on any atom is -0.497 e. The van der Waals surface area contributed by atoms with Crippen molar-refractivity contribution in [2.75, 3.05) is 45.3 Å². The molecule has 0 spiro atoms. The molecule has 6 nitrogen and oxygen atoms in total. The van der Waals surface area contributed by atoms with Crippen LogP contribution in [0.15, 0.2) is 23.2 Å². The van der Waals surface area contributed by atoms with Gasteiger partial charge in [0.15, 0.2) is 5.96 Å². The molecule has 2 rings (SSSR count). The number of rotatable bonds is 9. The van der Waals surface area contributed by atoms with Crippen LogP contribution in [-0.2, 0) is 0 Å². The van der Waals surface area contributed by atoms with Gasteiger partial charge in [0, 0.05) is 56.1 Å². The Morgan fingerprint density at radius 1 is 1.07 bits per heavy atom. The first-order valence-corrected chi connectivity index (χ1v) is 10.2. The van der Waals surface area contributed by atoms with Crippen LogP contribution in [0.4, 0.5) is 5.69 Å². The molecule has 0 aromatic heterocycles. The van der Waals surface area contributed by atoms with E-state index in [1.807, 2.05) is 6.07 Å². The molecule has 27 heavy (non-hydrogen) atoms. The molecule has 0 aliphatic carbocycles.